The standard InChI is InChI=1S/C28H21BrN2O4S2/c1-15-3-2-4-16(13-15)14-35-20-11-5-17(6-12-20)21-22-24(36-25-23(21)37-28(34)30-25)27(33)31(26(22)32)19-9-7-18(29)8-10-19/h2-13,21-22,24H,14H2,1H3,(H,30,34)/t21-,22?,24?/m1/s1. The summed E-state index contributed by atoms with van der Waals surface area (Å²) in [6.45, 7) is 2.50. The fraction of sp³-hybridized carbons (Fsp3) is 0.179. The minimum atomic E-state index is -0.615. The molecule has 0 radical (unpaired) electrons. The summed E-state index contributed by atoms with van der Waals surface area (Å²) in [6, 6.07) is 22.9. The van der Waals surface area contributed by atoms with E-state index in [9.17, 15) is 14.4 Å². The fourth-order valence-corrected chi connectivity index (χ4v) is 7.74. The van der Waals surface area contributed by atoms with Crippen LogP contribution in [0.5, 0.6) is 5.75 Å². The predicted octanol–water partition coefficient (Wildman–Crippen LogP) is 5.88. The van der Waals surface area contributed by atoms with Crippen LogP contribution in [0.2, 0.25) is 0 Å². The molecule has 3 aromatic carbocycles. The van der Waals surface area contributed by atoms with Gasteiger partial charge in [-0.25, -0.2) is 4.90 Å². The van der Waals surface area contributed by atoms with Crippen molar-refractivity contribution in [2.75, 3.05) is 4.90 Å². The molecule has 4 aromatic rings. The number of thioether (sulfide) groups is 1. The number of fused-ring (bicyclic) bond motifs is 2. The molecule has 2 aliphatic rings. The number of carbonyl (C=O) groups is 2. The highest BCUT2D eigenvalue weighted by atomic mass is 79.9. The van der Waals surface area contributed by atoms with Gasteiger partial charge >= 0.3 is 4.87 Å². The summed E-state index contributed by atoms with van der Waals surface area (Å²) < 4.78 is 6.85. The van der Waals surface area contributed by atoms with Crippen LogP contribution in [0, 0.1) is 12.8 Å². The second kappa shape index (κ2) is 9.63. The molecule has 0 spiro atoms. The molecule has 186 valence electrons. The summed E-state index contributed by atoms with van der Waals surface area (Å²) in [5.41, 5.74) is 3.67. The van der Waals surface area contributed by atoms with Crippen molar-refractivity contribution in [1.82, 2.24) is 4.98 Å². The zero-order valence-corrected chi connectivity index (χ0v) is 22.9. The predicted molar refractivity (Wildman–Crippen MR) is 149 cm³/mol. The number of ether oxygens (including phenoxy) is 1. The third kappa shape index (κ3) is 4.45. The van der Waals surface area contributed by atoms with E-state index in [-0.39, 0.29) is 16.7 Å². The minimum Gasteiger partial charge on any atom is -0.489 e. The lowest BCUT2D eigenvalue weighted by molar-refractivity contribution is -0.122. The molecule has 0 bridgehead atoms. The molecule has 6 nitrogen and oxygen atoms in total. The van der Waals surface area contributed by atoms with Crippen molar-refractivity contribution in [2.24, 2.45) is 5.92 Å². The molecule has 2 amide bonds. The number of imide groups is 1. The summed E-state index contributed by atoms with van der Waals surface area (Å²) in [4.78, 5) is 44.3. The monoisotopic (exact) mass is 592 g/mol. The van der Waals surface area contributed by atoms with Crippen molar-refractivity contribution in [3.63, 3.8) is 0 Å². The van der Waals surface area contributed by atoms with E-state index in [4.69, 9.17) is 4.74 Å². The van der Waals surface area contributed by atoms with Gasteiger partial charge in [0, 0.05) is 15.3 Å². The molecule has 0 aliphatic carbocycles. The van der Waals surface area contributed by atoms with Crippen LogP contribution in [0.3, 0.4) is 0 Å². The van der Waals surface area contributed by atoms with Crippen molar-refractivity contribution >= 4 is 56.5 Å². The van der Waals surface area contributed by atoms with Crippen LogP contribution in [-0.4, -0.2) is 22.0 Å². The van der Waals surface area contributed by atoms with E-state index in [0.717, 1.165) is 31.8 Å². The highest BCUT2D eigenvalue weighted by Gasteiger charge is 2.56. The molecule has 6 rings (SSSR count). The fourth-order valence-electron chi connectivity index (χ4n) is 4.96. The molecule has 0 saturated carbocycles. The number of aromatic nitrogens is 1. The molecule has 3 heterocycles. The first-order valence-corrected chi connectivity index (χ1v) is 14.2. The lowest BCUT2D eigenvalue weighted by atomic mass is 9.83. The van der Waals surface area contributed by atoms with Crippen LogP contribution < -0.4 is 14.5 Å². The Morgan fingerprint density at radius 3 is 2.46 bits per heavy atom. The van der Waals surface area contributed by atoms with E-state index < -0.39 is 17.1 Å². The Morgan fingerprint density at radius 1 is 0.973 bits per heavy atom. The van der Waals surface area contributed by atoms with Gasteiger partial charge in [0.1, 0.15) is 17.6 Å². The number of H-pyrrole nitrogens is 1. The quantitative estimate of drug-likeness (QED) is 0.293. The normalized spacial score (nSPS) is 20.6. The number of thiazole rings is 1. The summed E-state index contributed by atoms with van der Waals surface area (Å²) in [5.74, 6) is -0.823. The van der Waals surface area contributed by atoms with E-state index >= 15 is 0 Å². The number of aryl methyl sites for hydroxylation is 1. The molecule has 37 heavy (non-hydrogen) atoms. The third-order valence-electron chi connectivity index (χ3n) is 6.64. The van der Waals surface area contributed by atoms with Crippen LogP contribution in [0.15, 0.2) is 87.1 Å². The van der Waals surface area contributed by atoms with Crippen LogP contribution in [0.4, 0.5) is 5.69 Å². The van der Waals surface area contributed by atoms with Gasteiger partial charge in [-0.1, -0.05) is 81.0 Å². The number of nitrogens with one attached hydrogen (secondary N) is 1. The maximum Gasteiger partial charge on any atom is 0.305 e. The molecular formula is C28H21BrN2O4S2. The Balaban J connectivity index is 1.32. The van der Waals surface area contributed by atoms with E-state index in [2.05, 4.69) is 27.0 Å². The maximum absolute atomic E-state index is 13.8. The number of hydrogen-bond donors (Lipinski definition) is 1. The second-order valence-corrected chi connectivity index (χ2v) is 12.2. The van der Waals surface area contributed by atoms with Crippen LogP contribution >= 0.6 is 39.0 Å². The number of benzene rings is 3. The molecule has 1 aromatic heterocycles. The first-order chi connectivity index (χ1) is 17.9. The van der Waals surface area contributed by atoms with Crippen molar-refractivity contribution in [1.29, 1.82) is 0 Å². The molecule has 9 heteroatoms. The van der Waals surface area contributed by atoms with Crippen molar-refractivity contribution in [2.45, 2.75) is 29.7 Å². The van der Waals surface area contributed by atoms with Crippen LogP contribution in [0.1, 0.15) is 27.5 Å². The Morgan fingerprint density at radius 2 is 1.73 bits per heavy atom. The zero-order chi connectivity index (χ0) is 25.7. The SMILES string of the molecule is Cc1cccc(COc2ccc([C@H]3c4sc(=O)[nH]c4SC4C(=O)N(c5ccc(Br)cc5)C(=O)C43)cc2)c1. The van der Waals surface area contributed by atoms with Gasteiger partial charge in [0.15, 0.2) is 0 Å². The smallest absolute Gasteiger partial charge is 0.305 e. The summed E-state index contributed by atoms with van der Waals surface area (Å²) in [6.07, 6.45) is 0. The number of rotatable bonds is 5. The first kappa shape index (κ1) is 24.2. The summed E-state index contributed by atoms with van der Waals surface area (Å²) in [5, 5.41) is 0.0518. The topological polar surface area (TPSA) is 79.5 Å². The average Bonchev–Trinajstić information content (AvgIpc) is 3.38. The summed E-state index contributed by atoms with van der Waals surface area (Å²) >= 11 is 5.79. The van der Waals surface area contributed by atoms with Gasteiger partial charge in [0.2, 0.25) is 11.8 Å². The van der Waals surface area contributed by atoms with E-state index in [1.807, 2.05) is 61.5 Å². The van der Waals surface area contributed by atoms with E-state index in [1.54, 1.807) is 12.1 Å². The minimum absolute atomic E-state index is 0.190. The second-order valence-electron chi connectivity index (χ2n) is 9.08. The number of hydrogen-bond acceptors (Lipinski definition) is 6. The lowest BCUT2D eigenvalue weighted by Gasteiger charge is -2.29. The van der Waals surface area contributed by atoms with Gasteiger partial charge in [-0.15, -0.1) is 0 Å². The van der Waals surface area contributed by atoms with Crippen molar-refractivity contribution in [3.05, 3.63) is 109 Å². The Hall–Kier alpha value is -3.14. The van der Waals surface area contributed by atoms with Gasteiger partial charge in [0.05, 0.1) is 16.6 Å². The first-order valence-electron chi connectivity index (χ1n) is 11.7. The van der Waals surface area contributed by atoms with Crippen molar-refractivity contribution < 1.29 is 14.3 Å². The Kier molecular flexibility index (Phi) is 6.30. The lowest BCUT2D eigenvalue weighted by Crippen LogP contribution is -2.32. The van der Waals surface area contributed by atoms with Gasteiger partial charge in [-0.3, -0.25) is 14.4 Å². The van der Waals surface area contributed by atoms with Crippen molar-refractivity contribution in [3.8, 4) is 5.75 Å². The number of anilines is 1. The van der Waals surface area contributed by atoms with E-state index in [1.165, 1.54) is 22.2 Å². The number of amides is 2. The molecule has 3 atom stereocenters. The number of aromatic amines is 1. The highest BCUT2D eigenvalue weighted by molar-refractivity contribution is 9.10. The molecule has 1 N–H and O–H groups in total. The number of halogens is 1. The van der Waals surface area contributed by atoms with Crippen LogP contribution in [-0.2, 0) is 16.2 Å². The van der Waals surface area contributed by atoms with E-state index in [0.29, 0.717) is 23.1 Å². The average molecular weight is 594 g/mol. The molecule has 1 saturated heterocycles. The largest absolute Gasteiger partial charge is 0.489 e. The Labute approximate surface area is 229 Å². The highest BCUT2D eigenvalue weighted by Crippen LogP contribution is 2.53. The van der Waals surface area contributed by atoms with Gasteiger partial charge in [0.25, 0.3) is 0 Å². The molecule has 2 unspecified atom stereocenters. The Bertz CT molecular complexity index is 1560. The molecule has 1 fully saturated rings. The maximum atomic E-state index is 13.8. The number of carbonyl (C=O) groups excluding carboxylic acids is 2. The number of nitrogens with zero attached hydrogens (tertiary/aromatic N) is 1. The van der Waals surface area contributed by atoms with Gasteiger partial charge in [-0.2, -0.15) is 0 Å². The molecule has 2 aliphatic heterocycles. The zero-order valence-electron chi connectivity index (χ0n) is 19.6. The van der Waals surface area contributed by atoms with Gasteiger partial charge in [-0.05, 0) is 54.4 Å². The summed E-state index contributed by atoms with van der Waals surface area (Å²) in [7, 11) is 0. The molecular weight excluding hydrogens is 572 g/mol. The van der Waals surface area contributed by atoms with Crippen LogP contribution in [0.25, 0.3) is 0 Å². The van der Waals surface area contributed by atoms with Gasteiger partial charge < -0.3 is 9.72 Å². The third-order valence-corrected chi connectivity index (χ3v) is 9.57.